The molecule has 0 heterocycles. The van der Waals surface area contributed by atoms with Gasteiger partial charge in [0, 0.05) is 6.54 Å². The van der Waals surface area contributed by atoms with Crippen LogP contribution in [0.2, 0.25) is 0 Å². The molecule has 0 aliphatic carbocycles. The number of aliphatic hydroxyl groups is 2. The molecule has 0 aromatic heterocycles. The summed E-state index contributed by atoms with van der Waals surface area (Å²) in [6.07, 6.45) is 46.3. The topological polar surface area (TPSA) is 151 Å². The maximum atomic E-state index is 12.8. The van der Waals surface area contributed by atoms with Gasteiger partial charge in [-0.3, -0.25) is 13.8 Å². The molecule has 10 heteroatoms. The lowest BCUT2D eigenvalue weighted by atomic mass is 10.0. The minimum Gasteiger partial charge on any atom is -0.393 e. The number of nitrogens with two attached hydrogens (primary N) is 1. The molecule has 55 heavy (non-hydrogen) atoms. The van der Waals surface area contributed by atoms with Crippen molar-refractivity contribution in [2.45, 2.75) is 212 Å². The Bertz CT molecular complexity index is 1020. The molecule has 0 saturated heterocycles. The fraction of sp³-hybridized carbons (Fsp3) is 0.800. The van der Waals surface area contributed by atoms with Gasteiger partial charge in [-0.05, 0) is 70.6 Å². The molecule has 0 fully saturated rings. The van der Waals surface area contributed by atoms with Crippen molar-refractivity contribution >= 4 is 13.7 Å². The minimum atomic E-state index is -4.41. The quantitative estimate of drug-likeness (QED) is 0.0233. The van der Waals surface area contributed by atoms with Crippen molar-refractivity contribution < 1.29 is 33.5 Å². The molecule has 0 aliphatic heterocycles. The van der Waals surface area contributed by atoms with E-state index in [0.717, 1.165) is 57.8 Å². The van der Waals surface area contributed by atoms with Crippen LogP contribution in [-0.2, 0) is 18.4 Å². The van der Waals surface area contributed by atoms with Crippen molar-refractivity contribution in [3.05, 3.63) is 48.6 Å². The Morgan fingerprint density at radius 1 is 0.618 bits per heavy atom. The van der Waals surface area contributed by atoms with Crippen LogP contribution in [0.3, 0.4) is 0 Å². The first-order valence-electron chi connectivity index (χ1n) is 22.3. The highest BCUT2D eigenvalue weighted by molar-refractivity contribution is 7.47. The van der Waals surface area contributed by atoms with Crippen LogP contribution < -0.4 is 11.1 Å². The second-order valence-electron chi connectivity index (χ2n) is 15.1. The summed E-state index contributed by atoms with van der Waals surface area (Å²) < 4.78 is 22.0. The molecule has 4 atom stereocenters. The number of carbonyl (C=O) groups is 1. The van der Waals surface area contributed by atoms with Crippen LogP contribution in [-0.4, -0.2) is 59.0 Å². The number of carbonyl (C=O) groups excluding carboxylic acids is 1. The molecule has 0 spiro atoms. The predicted molar refractivity (Wildman–Crippen MR) is 232 cm³/mol. The second-order valence-corrected chi connectivity index (χ2v) is 16.5. The Morgan fingerprint density at radius 2 is 1.04 bits per heavy atom. The normalized spacial score (nSPS) is 15.1. The molecule has 0 saturated carbocycles. The number of allylic oxidation sites excluding steroid dienone is 7. The molecule has 0 aliphatic rings. The lowest BCUT2D eigenvalue weighted by Crippen LogP contribution is -2.46. The highest BCUT2D eigenvalue weighted by atomic mass is 31.2. The average molecular weight is 797 g/mol. The maximum Gasteiger partial charge on any atom is 0.472 e. The highest BCUT2D eigenvalue weighted by Gasteiger charge is 2.27. The number of unbranched alkanes of at least 4 members (excludes halogenated alkanes) is 21. The van der Waals surface area contributed by atoms with Crippen LogP contribution in [0.25, 0.3) is 0 Å². The van der Waals surface area contributed by atoms with Crippen molar-refractivity contribution in [3.63, 3.8) is 0 Å². The molecule has 0 bridgehead atoms. The Morgan fingerprint density at radius 3 is 1.55 bits per heavy atom. The van der Waals surface area contributed by atoms with E-state index in [-0.39, 0.29) is 19.6 Å². The zero-order valence-electron chi connectivity index (χ0n) is 35.3. The van der Waals surface area contributed by atoms with E-state index in [1.165, 1.54) is 103 Å². The van der Waals surface area contributed by atoms with Crippen LogP contribution in [0.1, 0.15) is 194 Å². The second kappa shape index (κ2) is 40.6. The number of hydrogen-bond acceptors (Lipinski definition) is 7. The van der Waals surface area contributed by atoms with Crippen LogP contribution in [0.5, 0.6) is 0 Å². The van der Waals surface area contributed by atoms with E-state index >= 15 is 0 Å². The lowest BCUT2D eigenvalue weighted by molar-refractivity contribution is -0.124. The van der Waals surface area contributed by atoms with Gasteiger partial charge in [0.2, 0.25) is 5.91 Å². The van der Waals surface area contributed by atoms with Crippen LogP contribution in [0.15, 0.2) is 48.6 Å². The fourth-order valence-corrected chi connectivity index (χ4v) is 7.02. The predicted octanol–water partition coefficient (Wildman–Crippen LogP) is 11.5. The summed E-state index contributed by atoms with van der Waals surface area (Å²) in [4.78, 5) is 22.7. The summed E-state index contributed by atoms with van der Waals surface area (Å²) in [5.41, 5.74) is 5.35. The Hall–Kier alpha value is -1.58. The minimum absolute atomic E-state index is 0.0401. The summed E-state index contributed by atoms with van der Waals surface area (Å²) in [5, 5.41) is 24.0. The molecule has 0 radical (unpaired) electrons. The van der Waals surface area contributed by atoms with E-state index in [0.29, 0.717) is 12.8 Å². The first-order chi connectivity index (χ1) is 26.8. The number of rotatable bonds is 41. The molecular formula is C45H85N2O7P. The number of phosphoric ester groups is 1. The molecule has 0 aromatic rings. The number of phosphoric acid groups is 1. The summed E-state index contributed by atoms with van der Waals surface area (Å²) in [5.74, 6) is -0.466. The van der Waals surface area contributed by atoms with E-state index in [9.17, 15) is 24.5 Å². The number of aliphatic hydroxyl groups excluding tert-OH is 2. The fourth-order valence-electron chi connectivity index (χ4n) is 6.26. The molecule has 0 aromatic carbocycles. The third-order valence-corrected chi connectivity index (χ3v) is 10.6. The average Bonchev–Trinajstić information content (AvgIpc) is 3.16. The third kappa shape index (κ3) is 39.0. The number of nitrogens with one attached hydrogen (secondary N) is 1. The van der Waals surface area contributed by atoms with E-state index in [1.807, 2.05) is 6.08 Å². The maximum absolute atomic E-state index is 12.8. The number of amides is 1. The summed E-state index contributed by atoms with van der Waals surface area (Å²) >= 11 is 0. The largest absolute Gasteiger partial charge is 0.472 e. The summed E-state index contributed by atoms with van der Waals surface area (Å²) in [7, 11) is -4.41. The molecule has 9 nitrogen and oxygen atoms in total. The van der Waals surface area contributed by atoms with Gasteiger partial charge >= 0.3 is 7.82 Å². The zero-order chi connectivity index (χ0) is 40.5. The molecule has 6 N–H and O–H groups in total. The van der Waals surface area contributed by atoms with Crippen molar-refractivity contribution in [3.8, 4) is 0 Å². The SMILES string of the molecule is CCCCC/C=C/CC/C=C/CC/C=C/C(O)C(COP(=O)(O)OCCN)NC(=O)CC(O)CCCCCCC/C=C\CCCCCCCCCCCCC. The summed E-state index contributed by atoms with van der Waals surface area (Å²) in [6, 6.07) is -1.01. The first kappa shape index (κ1) is 53.4. The van der Waals surface area contributed by atoms with Gasteiger partial charge in [0.15, 0.2) is 0 Å². The van der Waals surface area contributed by atoms with E-state index in [1.54, 1.807) is 6.08 Å². The van der Waals surface area contributed by atoms with Gasteiger partial charge in [0.1, 0.15) is 0 Å². The van der Waals surface area contributed by atoms with Gasteiger partial charge in [0.05, 0.1) is 37.9 Å². The van der Waals surface area contributed by atoms with Gasteiger partial charge < -0.3 is 26.2 Å². The van der Waals surface area contributed by atoms with E-state index < -0.39 is 38.6 Å². The van der Waals surface area contributed by atoms with Crippen molar-refractivity contribution in [1.82, 2.24) is 5.32 Å². The first-order valence-corrected chi connectivity index (χ1v) is 23.8. The zero-order valence-corrected chi connectivity index (χ0v) is 36.2. The van der Waals surface area contributed by atoms with E-state index in [2.05, 4.69) is 55.6 Å². The van der Waals surface area contributed by atoms with Crippen LogP contribution in [0, 0.1) is 0 Å². The van der Waals surface area contributed by atoms with Crippen molar-refractivity contribution in [2.75, 3.05) is 19.8 Å². The van der Waals surface area contributed by atoms with Gasteiger partial charge in [-0.2, -0.15) is 0 Å². The Kier molecular flexibility index (Phi) is 39.4. The Labute approximate surface area is 337 Å². The smallest absolute Gasteiger partial charge is 0.393 e. The van der Waals surface area contributed by atoms with Crippen LogP contribution >= 0.6 is 7.82 Å². The third-order valence-electron chi connectivity index (χ3n) is 9.66. The number of hydrogen-bond donors (Lipinski definition) is 5. The van der Waals surface area contributed by atoms with Gasteiger partial charge in [-0.15, -0.1) is 0 Å². The highest BCUT2D eigenvalue weighted by Crippen LogP contribution is 2.43. The Balaban J connectivity index is 4.31. The molecule has 322 valence electrons. The lowest BCUT2D eigenvalue weighted by Gasteiger charge is -2.24. The van der Waals surface area contributed by atoms with Crippen molar-refractivity contribution in [1.29, 1.82) is 0 Å². The monoisotopic (exact) mass is 797 g/mol. The molecule has 4 unspecified atom stereocenters. The summed E-state index contributed by atoms with van der Waals surface area (Å²) in [6.45, 7) is 3.90. The molecule has 1 amide bonds. The van der Waals surface area contributed by atoms with Crippen LogP contribution in [0.4, 0.5) is 0 Å². The molecular weight excluding hydrogens is 711 g/mol. The standard InChI is InChI=1S/C45H85N2O7P/c1-3-5-7-9-11-13-15-17-18-19-20-21-22-23-25-26-28-30-32-34-36-42(48)40-45(50)47-43(41-54-55(51,52)53-39-38-46)44(49)37-35-33-31-29-27-24-16-14-12-10-8-6-4-2/h12,14,22-23,27,29,35,37,42-44,48-49H,3-11,13,15-21,24-26,28,30-34,36,38-41,46H2,1-2H3,(H,47,50)(H,51,52)/b14-12+,23-22-,29-27+,37-35+. The van der Waals surface area contributed by atoms with E-state index in [4.69, 9.17) is 14.8 Å². The van der Waals surface area contributed by atoms with Gasteiger partial charge in [0.25, 0.3) is 0 Å². The van der Waals surface area contributed by atoms with Gasteiger partial charge in [-0.1, -0.05) is 165 Å². The van der Waals surface area contributed by atoms with Gasteiger partial charge in [-0.25, -0.2) is 4.57 Å². The van der Waals surface area contributed by atoms with Crippen molar-refractivity contribution in [2.24, 2.45) is 5.73 Å². The molecule has 0 rings (SSSR count).